The van der Waals surface area contributed by atoms with Gasteiger partial charge in [-0.25, -0.2) is 9.97 Å². The molecule has 0 saturated carbocycles. The maximum Gasteiger partial charge on any atom is 0.242 e. The minimum Gasteiger partial charge on any atom is -0.393 e. The second-order valence-corrected chi connectivity index (χ2v) is 3.55. The van der Waals surface area contributed by atoms with Crippen LogP contribution in [0.5, 0.6) is 0 Å². The number of likely N-dealkylation sites (N-methyl/N-ethyl adjacent to an activating group) is 1. The molecule has 1 aromatic rings. The van der Waals surface area contributed by atoms with Crippen LogP contribution < -0.4 is 16.4 Å². The molecule has 7 heteroatoms. The van der Waals surface area contributed by atoms with Crippen molar-refractivity contribution in [2.45, 2.75) is 19.9 Å². The number of aromatic nitrogens is 2. The molecule has 1 atom stereocenters. The Bertz CT molecular complexity index is 384. The summed E-state index contributed by atoms with van der Waals surface area (Å²) in [6.07, 6.45) is 1.28. The van der Waals surface area contributed by atoms with E-state index in [1.807, 2.05) is 6.92 Å². The van der Waals surface area contributed by atoms with Crippen molar-refractivity contribution in [3.63, 3.8) is 0 Å². The Morgan fingerprint density at radius 2 is 2.31 bits per heavy atom. The number of hydrogen-bond acceptors (Lipinski definition) is 5. The van der Waals surface area contributed by atoms with E-state index in [-0.39, 0.29) is 16.7 Å². The molecule has 4 N–H and O–H groups in total. The van der Waals surface area contributed by atoms with Gasteiger partial charge in [-0.05, 0) is 13.8 Å². The van der Waals surface area contributed by atoms with Crippen molar-refractivity contribution in [1.82, 2.24) is 15.3 Å². The zero-order chi connectivity index (χ0) is 12.1. The van der Waals surface area contributed by atoms with Gasteiger partial charge in [0.05, 0.1) is 0 Å². The third kappa shape index (κ3) is 2.96. The van der Waals surface area contributed by atoms with E-state index in [9.17, 15) is 4.79 Å². The van der Waals surface area contributed by atoms with Crippen LogP contribution in [0.25, 0.3) is 0 Å². The van der Waals surface area contributed by atoms with E-state index < -0.39 is 6.04 Å². The lowest BCUT2D eigenvalue weighted by Crippen LogP contribution is -2.37. The quantitative estimate of drug-likeness (QED) is 0.675. The first kappa shape index (κ1) is 12.5. The molecule has 1 aromatic heterocycles. The maximum atomic E-state index is 11.5. The van der Waals surface area contributed by atoms with Crippen LogP contribution in [0.1, 0.15) is 13.8 Å². The van der Waals surface area contributed by atoms with Crippen LogP contribution in [0.4, 0.5) is 11.5 Å². The molecule has 0 fully saturated rings. The average molecular weight is 244 g/mol. The lowest BCUT2D eigenvalue weighted by atomic mass is 10.3. The highest BCUT2D eigenvalue weighted by atomic mass is 35.5. The Hall–Kier alpha value is -1.56. The minimum atomic E-state index is -0.437. The molecular formula is C9H14ClN5O. The molecule has 88 valence electrons. The highest BCUT2D eigenvalue weighted by Gasteiger charge is 2.14. The first-order valence-corrected chi connectivity index (χ1v) is 5.24. The number of halogens is 1. The molecule has 1 rings (SSSR count). The standard InChI is InChI=1S/C9H14ClN5O/c1-3-12-9(16)5(2)15-8-6(11)7(10)13-4-14-8/h4-5H,3,11H2,1-2H3,(H,12,16)(H,13,14,15). The van der Waals surface area contributed by atoms with Crippen molar-refractivity contribution in [3.05, 3.63) is 11.5 Å². The van der Waals surface area contributed by atoms with Crippen LogP contribution >= 0.6 is 11.6 Å². The summed E-state index contributed by atoms with van der Waals surface area (Å²) in [5.74, 6) is 0.232. The van der Waals surface area contributed by atoms with Gasteiger partial charge in [-0.3, -0.25) is 4.79 Å². The summed E-state index contributed by atoms with van der Waals surface area (Å²) in [7, 11) is 0. The molecule has 0 bridgehead atoms. The van der Waals surface area contributed by atoms with E-state index in [1.165, 1.54) is 6.33 Å². The number of nitrogens with two attached hydrogens (primary N) is 1. The molecule has 0 aliphatic heterocycles. The molecule has 16 heavy (non-hydrogen) atoms. The SMILES string of the molecule is CCNC(=O)C(C)Nc1ncnc(Cl)c1N. The number of nitrogens with one attached hydrogen (secondary N) is 2. The second-order valence-electron chi connectivity index (χ2n) is 3.19. The fourth-order valence-corrected chi connectivity index (χ4v) is 1.22. The number of anilines is 2. The lowest BCUT2D eigenvalue weighted by Gasteiger charge is -2.15. The van der Waals surface area contributed by atoms with Gasteiger partial charge >= 0.3 is 0 Å². The summed E-state index contributed by atoms with van der Waals surface area (Å²) >= 11 is 5.72. The van der Waals surface area contributed by atoms with Gasteiger partial charge in [0.2, 0.25) is 5.91 Å². The number of amides is 1. The van der Waals surface area contributed by atoms with E-state index in [0.29, 0.717) is 12.4 Å². The molecule has 0 saturated heterocycles. The second kappa shape index (κ2) is 5.50. The summed E-state index contributed by atoms with van der Waals surface area (Å²) in [5.41, 5.74) is 5.89. The van der Waals surface area contributed by atoms with Crippen LogP contribution in [0.15, 0.2) is 6.33 Å². The third-order valence-corrected chi connectivity index (χ3v) is 2.23. The van der Waals surface area contributed by atoms with Crippen molar-refractivity contribution in [1.29, 1.82) is 0 Å². The Kier molecular flexibility index (Phi) is 4.30. The smallest absolute Gasteiger partial charge is 0.242 e. The topological polar surface area (TPSA) is 92.9 Å². The fourth-order valence-electron chi connectivity index (χ4n) is 1.09. The molecule has 0 aliphatic carbocycles. The Balaban J connectivity index is 2.73. The normalized spacial score (nSPS) is 11.9. The van der Waals surface area contributed by atoms with Gasteiger partial charge in [-0.15, -0.1) is 0 Å². The summed E-state index contributed by atoms with van der Waals surface area (Å²) in [6, 6.07) is -0.437. The Morgan fingerprint density at radius 3 is 2.94 bits per heavy atom. The van der Waals surface area contributed by atoms with Crippen molar-refractivity contribution in [2.75, 3.05) is 17.6 Å². The van der Waals surface area contributed by atoms with Crippen LogP contribution in [0.3, 0.4) is 0 Å². The number of hydrogen-bond donors (Lipinski definition) is 3. The van der Waals surface area contributed by atoms with Crippen molar-refractivity contribution in [3.8, 4) is 0 Å². The first-order valence-electron chi connectivity index (χ1n) is 4.86. The predicted molar refractivity (Wildman–Crippen MR) is 63.2 cm³/mol. The van der Waals surface area contributed by atoms with E-state index in [4.69, 9.17) is 17.3 Å². The number of carbonyl (C=O) groups excluding carboxylic acids is 1. The molecule has 0 aromatic carbocycles. The van der Waals surface area contributed by atoms with Gasteiger partial charge in [-0.2, -0.15) is 0 Å². The summed E-state index contributed by atoms with van der Waals surface area (Å²) in [5, 5.41) is 5.71. The zero-order valence-corrected chi connectivity index (χ0v) is 9.88. The van der Waals surface area contributed by atoms with Crippen molar-refractivity contribution in [2.24, 2.45) is 0 Å². The van der Waals surface area contributed by atoms with Crippen molar-refractivity contribution < 1.29 is 4.79 Å². The third-order valence-electron chi connectivity index (χ3n) is 1.93. The number of nitrogens with zero attached hydrogens (tertiary/aromatic N) is 2. The number of nitrogen functional groups attached to an aromatic ring is 1. The molecule has 0 spiro atoms. The van der Waals surface area contributed by atoms with Crippen LogP contribution in [0, 0.1) is 0 Å². The monoisotopic (exact) mass is 243 g/mol. The number of carbonyl (C=O) groups is 1. The maximum absolute atomic E-state index is 11.5. The van der Waals surface area contributed by atoms with Crippen LogP contribution in [-0.2, 0) is 4.79 Å². The highest BCUT2D eigenvalue weighted by molar-refractivity contribution is 6.32. The van der Waals surface area contributed by atoms with Gasteiger partial charge in [-0.1, -0.05) is 11.6 Å². The van der Waals surface area contributed by atoms with Crippen LogP contribution in [0.2, 0.25) is 5.15 Å². The number of rotatable bonds is 4. The van der Waals surface area contributed by atoms with E-state index in [0.717, 1.165) is 0 Å². The van der Waals surface area contributed by atoms with E-state index in [2.05, 4.69) is 20.6 Å². The molecule has 1 heterocycles. The Labute approximate surface area is 98.6 Å². The predicted octanol–water partition coefficient (Wildman–Crippen LogP) is 0.649. The van der Waals surface area contributed by atoms with Gasteiger partial charge < -0.3 is 16.4 Å². The van der Waals surface area contributed by atoms with Gasteiger partial charge in [0.15, 0.2) is 11.0 Å². The fraction of sp³-hybridized carbons (Fsp3) is 0.444. The highest BCUT2D eigenvalue weighted by Crippen LogP contribution is 2.22. The zero-order valence-electron chi connectivity index (χ0n) is 9.12. The molecular weight excluding hydrogens is 230 g/mol. The molecule has 1 amide bonds. The van der Waals surface area contributed by atoms with Crippen LogP contribution in [-0.4, -0.2) is 28.5 Å². The van der Waals surface area contributed by atoms with E-state index in [1.54, 1.807) is 6.92 Å². The van der Waals surface area contributed by atoms with E-state index >= 15 is 0 Å². The first-order chi connectivity index (χ1) is 7.56. The molecule has 1 unspecified atom stereocenters. The molecule has 6 nitrogen and oxygen atoms in total. The minimum absolute atomic E-state index is 0.128. The van der Waals surface area contributed by atoms with Gasteiger partial charge in [0.25, 0.3) is 0 Å². The summed E-state index contributed by atoms with van der Waals surface area (Å²) in [4.78, 5) is 19.1. The largest absolute Gasteiger partial charge is 0.393 e. The van der Waals surface area contributed by atoms with Gasteiger partial charge in [0.1, 0.15) is 18.1 Å². The average Bonchev–Trinajstić information content (AvgIpc) is 2.25. The van der Waals surface area contributed by atoms with Gasteiger partial charge in [0, 0.05) is 6.54 Å². The molecule has 0 aliphatic rings. The van der Waals surface area contributed by atoms with Crippen molar-refractivity contribution >= 4 is 29.0 Å². The Morgan fingerprint density at radius 1 is 1.62 bits per heavy atom. The lowest BCUT2D eigenvalue weighted by molar-refractivity contribution is -0.121. The summed E-state index contributed by atoms with van der Waals surface area (Å²) < 4.78 is 0. The molecule has 0 radical (unpaired) electrons. The summed E-state index contributed by atoms with van der Waals surface area (Å²) in [6.45, 7) is 4.13.